The third-order valence-electron chi connectivity index (χ3n) is 4.39. The van der Waals surface area contributed by atoms with E-state index in [1.165, 1.54) is 31.5 Å². The maximum atomic E-state index is 9.08. The summed E-state index contributed by atoms with van der Waals surface area (Å²) in [5.41, 5.74) is 2.34. The van der Waals surface area contributed by atoms with Crippen LogP contribution in [0.4, 0.5) is 0 Å². The predicted octanol–water partition coefficient (Wildman–Crippen LogP) is 2.39. The minimum absolute atomic E-state index is 0.131. The van der Waals surface area contributed by atoms with Gasteiger partial charge in [0.25, 0.3) is 0 Å². The Morgan fingerprint density at radius 1 is 1.30 bits per heavy atom. The molecule has 0 amide bonds. The summed E-state index contributed by atoms with van der Waals surface area (Å²) in [6.07, 6.45) is 2.64. The van der Waals surface area contributed by atoms with Gasteiger partial charge in [0, 0.05) is 19.1 Å². The molecule has 112 valence electrons. The highest BCUT2D eigenvalue weighted by molar-refractivity contribution is 5.21. The lowest BCUT2D eigenvalue weighted by molar-refractivity contribution is 0.145. The van der Waals surface area contributed by atoms with Gasteiger partial charge in [-0.3, -0.25) is 4.90 Å². The molecule has 1 aromatic carbocycles. The molecule has 1 fully saturated rings. The normalized spacial score (nSPS) is 21.9. The molecular formula is C17H28N2O. The summed E-state index contributed by atoms with van der Waals surface area (Å²) < 4.78 is 0. The van der Waals surface area contributed by atoms with Crippen LogP contribution in [0.3, 0.4) is 0 Å². The molecule has 0 bridgehead atoms. The molecule has 0 saturated carbocycles. The van der Waals surface area contributed by atoms with Crippen molar-refractivity contribution in [3.05, 3.63) is 35.4 Å². The van der Waals surface area contributed by atoms with Crippen LogP contribution in [-0.4, -0.2) is 35.7 Å². The first-order valence-electron chi connectivity index (χ1n) is 7.87. The van der Waals surface area contributed by atoms with Crippen LogP contribution in [0.2, 0.25) is 0 Å². The van der Waals surface area contributed by atoms with Crippen LogP contribution < -0.4 is 5.32 Å². The van der Waals surface area contributed by atoms with Crippen LogP contribution in [0.1, 0.15) is 37.8 Å². The lowest BCUT2D eigenvalue weighted by atomic mass is 9.91. The number of nitrogens with one attached hydrogen (secondary N) is 1. The maximum absolute atomic E-state index is 9.08. The van der Waals surface area contributed by atoms with Crippen molar-refractivity contribution in [3.8, 4) is 0 Å². The van der Waals surface area contributed by atoms with E-state index >= 15 is 0 Å². The molecule has 1 aromatic rings. The fourth-order valence-electron chi connectivity index (χ4n) is 3.14. The second-order valence-electron chi connectivity index (χ2n) is 5.96. The molecule has 1 aliphatic heterocycles. The summed E-state index contributed by atoms with van der Waals surface area (Å²) in [5.74, 6) is 0.764. The number of aliphatic hydroxyl groups is 1. The van der Waals surface area contributed by atoms with Crippen molar-refractivity contribution in [1.29, 1.82) is 0 Å². The van der Waals surface area contributed by atoms with E-state index in [2.05, 4.69) is 36.2 Å². The standard InChI is InChI=1S/C17H28N2O/c1-3-18-14(2)17-5-4-10-19(12-17)11-15-6-8-16(13-20)9-7-15/h6-9,14,17-18,20H,3-5,10-13H2,1-2H3. The van der Waals surface area contributed by atoms with Gasteiger partial charge in [-0.2, -0.15) is 0 Å². The van der Waals surface area contributed by atoms with Crippen LogP contribution in [0, 0.1) is 5.92 Å². The minimum atomic E-state index is 0.131. The molecule has 1 saturated heterocycles. The average Bonchev–Trinajstić information content (AvgIpc) is 2.48. The molecule has 0 spiro atoms. The molecule has 3 nitrogen and oxygen atoms in total. The molecule has 2 N–H and O–H groups in total. The Balaban J connectivity index is 1.88. The number of piperidine rings is 1. The van der Waals surface area contributed by atoms with Crippen molar-refractivity contribution in [2.75, 3.05) is 19.6 Å². The molecule has 2 rings (SSSR count). The van der Waals surface area contributed by atoms with Gasteiger partial charge < -0.3 is 10.4 Å². The van der Waals surface area contributed by atoms with Gasteiger partial charge in [0.1, 0.15) is 0 Å². The summed E-state index contributed by atoms with van der Waals surface area (Å²) in [6.45, 7) is 9.11. The van der Waals surface area contributed by atoms with Crippen LogP contribution in [0.15, 0.2) is 24.3 Å². The molecule has 1 aliphatic rings. The molecule has 0 aromatic heterocycles. The molecule has 0 aliphatic carbocycles. The zero-order chi connectivity index (χ0) is 14.4. The van der Waals surface area contributed by atoms with E-state index in [-0.39, 0.29) is 6.61 Å². The van der Waals surface area contributed by atoms with Crippen LogP contribution in [-0.2, 0) is 13.2 Å². The first-order valence-corrected chi connectivity index (χ1v) is 7.87. The first kappa shape index (κ1) is 15.5. The Kier molecular flexibility index (Phi) is 6.02. The SMILES string of the molecule is CCNC(C)C1CCCN(Cc2ccc(CO)cc2)C1. The van der Waals surface area contributed by atoms with Gasteiger partial charge in [-0.05, 0) is 49.9 Å². The van der Waals surface area contributed by atoms with Gasteiger partial charge in [0.15, 0.2) is 0 Å². The van der Waals surface area contributed by atoms with E-state index in [0.29, 0.717) is 6.04 Å². The van der Waals surface area contributed by atoms with Crippen LogP contribution in [0.25, 0.3) is 0 Å². The van der Waals surface area contributed by atoms with Crippen molar-refractivity contribution in [1.82, 2.24) is 10.2 Å². The van der Waals surface area contributed by atoms with E-state index in [1.54, 1.807) is 0 Å². The molecule has 2 atom stereocenters. The minimum Gasteiger partial charge on any atom is -0.392 e. The van der Waals surface area contributed by atoms with Gasteiger partial charge in [-0.1, -0.05) is 31.2 Å². The predicted molar refractivity (Wildman–Crippen MR) is 83.5 cm³/mol. The van der Waals surface area contributed by atoms with E-state index in [1.807, 2.05) is 12.1 Å². The first-order chi connectivity index (χ1) is 9.72. The molecule has 0 radical (unpaired) electrons. The zero-order valence-corrected chi connectivity index (χ0v) is 12.8. The Hall–Kier alpha value is -0.900. The quantitative estimate of drug-likeness (QED) is 0.837. The Labute approximate surface area is 123 Å². The van der Waals surface area contributed by atoms with Gasteiger partial charge in [-0.15, -0.1) is 0 Å². The van der Waals surface area contributed by atoms with E-state index in [0.717, 1.165) is 24.6 Å². The fourth-order valence-corrected chi connectivity index (χ4v) is 3.14. The fraction of sp³-hybridized carbons (Fsp3) is 0.647. The molecular weight excluding hydrogens is 248 g/mol. The van der Waals surface area contributed by atoms with Gasteiger partial charge in [0.05, 0.1) is 6.61 Å². The Morgan fingerprint density at radius 2 is 2.00 bits per heavy atom. The van der Waals surface area contributed by atoms with Crippen molar-refractivity contribution < 1.29 is 5.11 Å². The van der Waals surface area contributed by atoms with Gasteiger partial charge >= 0.3 is 0 Å². The van der Waals surface area contributed by atoms with Crippen LogP contribution >= 0.6 is 0 Å². The van der Waals surface area contributed by atoms with Crippen LogP contribution in [0.5, 0.6) is 0 Å². The summed E-state index contributed by atoms with van der Waals surface area (Å²) in [5, 5.41) is 12.6. The van der Waals surface area contributed by atoms with Gasteiger partial charge in [-0.25, -0.2) is 0 Å². The molecule has 20 heavy (non-hydrogen) atoms. The molecule has 3 heteroatoms. The number of rotatable bonds is 6. The highest BCUT2D eigenvalue weighted by Crippen LogP contribution is 2.21. The largest absolute Gasteiger partial charge is 0.392 e. The highest BCUT2D eigenvalue weighted by Gasteiger charge is 2.23. The van der Waals surface area contributed by atoms with E-state index in [4.69, 9.17) is 5.11 Å². The second-order valence-corrected chi connectivity index (χ2v) is 5.96. The average molecular weight is 276 g/mol. The number of benzene rings is 1. The monoisotopic (exact) mass is 276 g/mol. The maximum Gasteiger partial charge on any atom is 0.0681 e. The van der Waals surface area contributed by atoms with E-state index < -0.39 is 0 Å². The van der Waals surface area contributed by atoms with Crippen molar-refractivity contribution in [2.45, 2.75) is 45.9 Å². The summed E-state index contributed by atoms with van der Waals surface area (Å²) in [4.78, 5) is 2.57. The molecule has 2 unspecified atom stereocenters. The van der Waals surface area contributed by atoms with Gasteiger partial charge in [0.2, 0.25) is 0 Å². The lowest BCUT2D eigenvalue weighted by Gasteiger charge is -2.36. The lowest BCUT2D eigenvalue weighted by Crippen LogP contribution is -2.44. The third kappa shape index (κ3) is 4.30. The number of hydrogen-bond donors (Lipinski definition) is 2. The third-order valence-corrected chi connectivity index (χ3v) is 4.39. The number of likely N-dealkylation sites (tertiary alicyclic amines) is 1. The number of aliphatic hydroxyl groups excluding tert-OH is 1. The second kappa shape index (κ2) is 7.77. The van der Waals surface area contributed by atoms with Crippen molar-refractivity contribution in [3.63, 3.8) is 0 Å². The van der Waals surface area contributed by atoms with Crippen molar-refractivity contribution in [2.24, 2.45) is 5.92 Å². The number of nitrogens with zero attached hydrogens (tertiary/aromatic N) is 1. The van der Waals surface area contributed by atoms with Crippen molar-refractivity contribution >= 4 is 0 Å². The summed E-state index contributed by atoms with van der Waals surface area (Å²) in [6, 6.07) is 8.95. The summed E-state index contributed by atoms with van der Waals surface area (Å²) in [7, 11) is 0. The topological polar surface area (TPSA) is 35.5 Å². The smallest absolute Gasteiger partial charge is 0.0681 e. The number of hydrogen-bond acceptors (Lipinski definition) is 3. The zero-order valence-electron chi connectivity index (χ0n) is 12.8. The highest BCUT2D eigenvalue weighted by atomic mass is 16.3. The van der Waals surface area contributed by atoms with E-state index in [9.17, 15) is 0 Å². The Morgan fingerprint density at radius 3 is 2.65 bits per heavy atom. The molecule has 1 heterocycles. The Bertz CT molecular complexity index is 390. The summed E-state index contributed by atoms with van der Waals surface area (Å²) >= 11 is 0.